The largest absolute Gasteiger partial charge is 0.488 e. The van der Waals surface area contributed by atoms with Crippen LogP contribution in [0.2, 0.25) is 0 Å². The first-order chi connectivity index (χ1) is 11.3. The molecule has 24 heavy (non-hydrogen) atoms. The van der Waals surface area contributed by atoms with Gasteiger partial charge in [0.1, 0.15) is 11.9 Å². The number of benzene rings is 1. The summed E-state index contributed by atoms with van der Waals surface area (Å²) in [6.45, 7) is 4.90. The summed E-state index contributed by atoms with van der Waals surface area (Å²) in [6.07, 6.45) is 1.33. The molecule has 1 heterocycles. The quantitative estimate of drug-likeness (QED) is 0.711. The molecule has 1 fully saturated rings. The first-order valence-electron chi connectivity index (χ1n) is 7.99. The number of carboxylic acid groups (broad SMARTS) is 1. The third-order valence-electron chi connectivity index (χ3n) is 3.72. The van der Waals surface area contributed by atoms with Crippen LogP contribution in [0.4, 0.5) is 10.5 Å². The number of carbonyl (C=O) groups is 2. The van der Waals surface area contributed by atoms with Gasteiger partial charge in [0.05, 0.1) is 13.2 Å². The number of amides is 2. The highest BCUT2D eigenvalue weighted by molar-refractivity contribution is 5.89. The van der Waals surface area contributed by atoms with E-state index in [-0.39, 0.29) is 18.6 Å². The molecule has 132 valence electrons. The van der Waals surface area contributed by atoms with E-state index in [0.717, 1.165) is 18.8 Å². The summed E-state index contributed by atoms with van der Waals surface area (Å²) in [5.74, 6) is -0.146. The number of hydrogen-bond donors (Lipinski definition) is 3. The SMILES string of the molecule is CC(C)(CCC(=O)O)NC(=O)Nc1ccc(OC2CCOC2)cc1. The molecule has 1 saturated heterocycles. The van der Waals surface area contributed by atoms with Gasteiger partial charge in [-0.25, -0.2) is 4.79 Å². The van der Waals surface area contributed by atoms with Crippen molar-refractivity contribution in [3.05, 3.63) is 24.3 Å². The number of urea groups is 1. The summed E-state index contributed by atoms with van der Waals surface area (Å²) < 4.78 is 11.0. The van der Waals surface area contributed by atoms with Crippen LogP contribution in [0.15, 0.2) is 24.3 Å². The Morgan fingerprint density at radius 1 is 1.33 bits per heavy atom. The lowest BCUT2D eigenvalue weighted by Crippen LogP contribution is -2.45. The normalized spacial score (nSPS) is 17.3. The van der Waals surface area contributed by atoms with Gasteiger partial charge < -0.3 is 25.2 Å². The molecule has 0 aromatic heterocycles. The van der Waals surface area contributed by atoms with E-state index in [9.17, 15) is 9.59 Å². The topological polar surface area (TPSA) is 96.9 Å². The maximum atomic E-state index is 12.0. The van der Waals surface area contributed by atoms with Crippen molar-refractivity contribution >= 4 is 17.7 Å². The Labute approximate surface area is 141 Å². The van der Waals surface area contributed by atoms with E-state index in [1.165, 1.54) is 0 Å². The molecule has 7 heteroatoms. The standard InChI is InChI=1S/C17H24N2O5/c1-17(2,9-7-15(20)21)19-16(22)18-12-3-5-13(6-4-12)24-14-8-10-23-11-14/h3-6,14H,7-11H2,1-2H3,(H,20,21)(H2,18,19,22). The smallest absolute Gasteiger partial charge is 0.319 e. The Kier molecular flexibility index (Phi) is 6.03. The van der Waals surface area contributed by atoms with Crippen LogP contribution >= 0.6 is 0 Å². The first-order valence-corrected chi connectivity index (χ1v) is 7.99. The average Bonchev–Trinajstić information content (AvgIpc) is 3.00. The van der Waals surface area contributed by atoms with Crippen molar-refractivity contribution in [1.29, 1.82) is 0 Å². The highest BCUT2D eigenvalue weighted by atomic mass is 16.5. The molecule has 1 atom stereocenters. The number of ether oxygens (including phenoxy) is 2. The lowest BCUT2D eigenvalue weighted by Gasteiger charge is -2.25. The number of anilines is 1. The van der Waals surface area contributed by atoms with Crippen molar-refractivity contribution < 1.29 is 24.2 Å². The molecule has 3 N–H and O–H groups in total. The third kappa shape index (κ3) is 6.08. The molecule has 0 saturated carbocycles. The monoisotopic (exact) mass is 336 g/mol. The van der Waals surface area contributed by atoms with Crippen LogP contribution in [0.25, 0.3) is 0 Å². The maximum absolute atomic E-state index is 12.0. The van der Waals surface area contributed by atoms with E-state index in [1.54, 1.807) is 38.1 Å². The van der Waals surface area contributed by atoms with Gasteiger partial charge in [0.25, 0.3) is 0 Å². The second-order valence-electron chi connectivity index (χ2n) is 6.48. The van der Waals surface area contributed by atoms with E-state index >= 15 is 0 Å². The van der Waals surface area contributed by atoms with Crippen LogP contribution in [-0.2, 0) is 9.53 Å². The number of nitrogens with one attached hydrogen (secondary N) is 2. The molecule has 1 aliphatic heterocycles. The maximum Gasteiger partial charge on any atom is 0.319 e. The van der Waals surface area contributed by atoms with E-state index in [4.69, 9.17) is 14.6 Å². The third-order valence-corrected chi connectivity index (χ3v) is 3.72. The second kappa shape index (κ2) is 8.01. The number of hydrogen-bond acceptors (Lipinski definition) is 4. The highest BCUT2D eigenvalue weighted by Gasteiger charge is 2.21. The molecule has 0 aliphatic carbocycles. The fourth-order valence-corrected chi connectivity index (χ4v) is 2.37. The van der Waals surface area contributed by atoms with Crippen LogP contribution in [0, 0.1) is 0 Å². The number of aliphatic carboxylic acids is 1. The molecule has 7 nitrogen and oxygen atoms in total. The zero-order valence-corrected chi connectivity index (χ0v) is 14.0. The van der Waals surface area contributed by atoms with Crippen LogP contribution in [-0.4, -0.2) is 42.0 Å². The molecule has 1 unspecified atom stereocenters. The van der Waals surface area contributed by atoms with Gasteiger partial charge in [0.2, 0.25) is 0 Å². The van der Waals surface area contributed by atoms with Gasteiger partial charge >= 0.3 is 12.0 Å². The lowest BCUT2D eigenvalue weighted by atomic mass is 9.99. The fourth-order valence-electron chi connectivity index (χ4n) is 2.37. The molecular weight excluding hydrogens is 312 g/mol. The minimum absolute atomic E-state index is 0.00416. The minimum Gasteiger partial charge on any atom is -0.488 e. The van der Waals surface area contributed by atoms with Crippen LogP contribution in [0.3, 0.4) is 0 Å². The molecule has 0 radical (unpaired) electrons. The van der Waals surface area contributed by atoms with E-state index in [2.05, 4.69) is 10.6 Å². The molecule has 0 bridgehead atoms. The Morgan fingerprint density at radius 3 is 2.62 bits per heavy atom. The Bertz CT molecular complexity index is 565. The fraction of sp³-hybridized carbons (Fsp3) is 0.529. The van der Waals surface area contributed by atoms with Crippen LogP contribution < -0.4 is 15.4 Å². The zero-order valence-electron chi connectivity index (χ0n) is 14.0. The van der Waals surface area contributed by atoms with Crippen molar-refractivity contribution in [2.75, 3.05) is 18.5 Å². The molecule has 2 amide bonds. The molecular formula is C17H24N2O5. The van der Waals surface area contributed by atoms with Crippen LogP contribution in [0.1, 0.15) is 33.1 Å². The van der Waals surface area contributed by atoms with Gasteiger partial charge in [0.15, 0.2) is 0 Å². The highest BCUT2D eigenvalue weighted by Crippen LogP contribution is 2.20. The second-order valence-corrected chi connectivity index (χ2v) is 6.48. The predicted octanol–water partition coefficient (Wildman–Crippen LogP) is 2.62. The van der Waals surface area contributed by atoms with E-state index in [0.29, 0.717) is 18.7 Å². The van der Waals surface area contributed by atoms with Crippen molar-refractivity contribution in [2.45, 2.75) is 44.8 Å². The average molecular weight is 336 g/mol. The molecule has 0 spiro atoms. The first kappa shape index (κ1) is 18.1. The summed E-state index contributed by atoms with van der Waals surface area (Å²) in [5, 5.41) is 14.2. The van der Waals surface area contributed by atoms with Crippen molar-refractivity contribution in [2.24, 2.45) is 0 Å². The summed E-state index contributed by atoms with van der Waals surface area (Å²) in [7, 11) is 0. The predicted molar refractivity (Wildman–Crippen MR) is 89.4 cm³/mol. The molecule has 2 rings (SSSR count). The minimum atomic E-state index is -0.881. The summed E-state index contributed by atoms with van der Waals surface area (Å²) in [5.41, 5.74) is 0.0325. The van der Waals surface area contributed by atoms with Gasteiger partial charge in [-0.3, -0.25) is 4.79 Å². The van der Waals surface area contributed by atoms with E-state index < -0.39 is 11.5 Å². The van der Waals surface area contributed by atoms with Crippen molar-refractivity contribution in [3.8, 4) is 5.75 Å². The van der Waals surface area contributed by atoms with Gasteiger partial charge in [0, 0.05) is 24.1 Å². The Hall–Kier alpha value is -2.28. The van der Waals surface area contributed by atoms with Gasteiger partial charge in [-0.15, -0.1) is 0 Å². The van der Waals surface area contributed by atoms with Gasteiger partial charge in [-0.05, 0) is 44.5 Å². The van der Waals surface area contributed by atoms with Crippen molar-refractivity contribution in [3.63, 3.8) is 0 Å². The summed E-state index contributed by atoms with van der Waals surface area (Å²) in [4.78, 5) is 22.6. The van der Waals surface area contributed by atoms with Gasteiger partial charge in [-0.1, -0.05) is 0 Å². The summed E-state index contributed by atoms with van der Waals surface area (Å²) >= 11 is 0. The van der Waals surface area contributed by atoms with Crippen LogP contribution in [0.5, 0.6) is 5.75 Å². The molecule has 1 aromatic carbocycles. The van der Waals surface area contributed by atoms with Gasteiger partial charge in [-0.2, -0.15) is 0 Å². The van der Waals surface area contributed by atoms with Crippen molar-refractivity contribution in [1.82, 2.24) is 5.32 Å². The number of rotatable bonds is 7. The molecule has 1 aromatic rings. The Balaban J connectivity index is 1.81. The number of carbonyl (C=O) groups excluding carboxylic acids is 1. The van der Waals surface area contributed by atoms with E-state index in [1.807, 2.05) is 0 Å². The molecule has 1 aliphatic rings. The zero-order chi connectivity index (χ0) is 17.6. The Morgan fingerprint density at radius 2 is 2.04 bits per heavy atom. The summed E-state index contributed by atoms with van der Waals surface area (Å²) in [6, 6.07) is 6.74. The lowest BCUT2D eigenvalue weighted by molar-refractivity contribution is -0.137. The number of carboxylic acids is 1.